The van der Waals surface area contributed by atoms with Crippen LogP contribution in [0.15, 0.2) is 60.0 Å². The fraction of sp³-hybridized carbons (Fsp3) is 0.0556. The maximum absolute atomic E-state index is 12.2. The third kappa shape index (κ3) is 3.06. The summed E-state index contributed by atoms with van der Waals surface area (Å²) < 4.78 is 6.43. The highest BCUT2D eigenvalue weighted by atomic mass is 32.1. The van der Waals surface area contributed by atoms with Gasteiger partial charge in [0.2, 0.25) is 0 Å². The topological polar surface area (TPSA) is 52.1 Å². The van der Waals surface area contributed by atoms with Crippen molar-refractivity contribution in [1.29, 1.82) is 0 Å². The predicted octanol–water partition coefficient (Wildman–Crippen LogP) is 4.78. The van der Waals surface area contributed by atoms with Crippen LogP contribution in [-0.4, -0.2) is 15.9 Å². The third-order valence-corrected chi connectivity index (χ3v) is 5.30. The van der Waals surface area contributed by atoms with Crippen molar-refractivity contribution in [2.45, 2.75) is 6.61 Å². The standard InChI is InChI=1S/C18H12N2O2S2/c21-18(14-11-23-17(20-14)12-6-2-1-3-7-12)22-10-16-19-13-8-4-5-9-15(13)24-16/h1-9,11H,10H2. The summed E-state index contributed by atoms with van der Waals surface area (Å²) >= 11 is 2.96. The van der Waals surface area contributed by atoms with Crippen molar-refractivity contribution >= 4 is 38.9 Å². The van der Waals surface area contributed by atoms with E-state index in [1.165, 1.54) is 22.7 Å². The number of fused-ring (bicyclic) bond motifs is 1. The van der Waals surface area contributed by atoms with E-state index in [1.54, 1.807) is 5.38 Å². The van der Waals surface area contributed by atoms with Gasteiger partial charge in [0.25, 0.3) is 0 Å². The van der Waals surface area contributed by atoms with Crippen LogP contribution >= 0.6 is 22.7 Å². The number of hydrogen-bond acceptors (Lipinski definition) is 6. The van der Waals surface area contributed by atoms with E-state index in [0.717, 1.165) is 25.8 Å². The molecule has 0 atom stereocenters. The van der Waals surface area contributed by atoms with E-state index < -0.39 is 5.97 Å². The highest BCUT2D eigenvalue weighted by Gasteiger charge is 2.14. The molecule has 0 fully saturated rings. The molecule has 4 aromatic rings. The van der Waals surface area contributed by atoms with E-state index in [0.29, 0.717) is 5.69 Å². The molecule has 2 aromatic carbocycles. The smallest absolute Gasteiger partial charge is 0.358 e. The number of ether oxygens (including phenoxy) is 1. The number of nitrogens with zero attached hydrogens (tertiary/aromatic N) is 2. The fourth-order valence-electron chi connectivity index (χ4n) is 2.26. The van der Waals surface area contributed by atoms with Gasteiger partial charge in [-0.15, -0.1) is 22.7 Å². The van der Waals surface area contributed by atoms with E-state index in [2.05, 4.69) is 9.97 Å². The van der Waals surface area contributed by atoms with Crippen molar-refractivity contribution in [1.82, 2.24) is 9.97 Å². The molecular weight excluding hydrogens is 340 g/mol. The molecule has 4 rings (SSSR count). The number of benzene rings is 2. The van der Waals surface area contributed by atoms with E-state index in [9.17, 15) is 4.79 Å². The first-order valence-corrected chi connectivity index (χ1v) is 9.02. The molecule has 0 saturated carbocycles. The summed E-state index contributed by atoms with van der Waals surface area (Å²) in [6.45, 7) is 0.163. The van der Waals surface area contributed by atoms with Crippen molar-refractivity contribution in [3.8, 4) is 10.6 Å². The Labute approximate surface area is 146 Å². The van der Waals surface area contributed by atoms with Gasteiger partial charge in [-0.2, -0.15) is 0 Å². The molecule has 2 aromatic heterocycles. The summed E-state index contributed by atoms with van der Waals surface area (Å²) in [6, 6.07) is 17.6. The minimum absolute atomic E-state index is 0.163. The van der Waals surface area contributed by atoms with Crippen LogP contribution in [0.2, 0.25) is 0 Å². The Kier molecular flexibility index (Phi) is 4.06. The molecule has 24 heavy (non-hydrogen) atoms. The zero-order chi connectivity index (χ0) is 16.4. The lowest BCUT2D eigenvalue weighted by atomic mass is 10.2. The minimum atomic E-state index is -0.423. The van der Waals surface area contributed by atoms with Gasteiger partial charge in [0.15, 0.2) is 5.69 Å². The van der Waals surface area contributed by atoms with Gasteiger partial charge in [0.1, 0.15) is 16.6 Å². The summed E-state index contributed by atoms with van der Waals surface area (Å²) in [7, 11) is 0. The second-order valence-electron chi connectivity index (χ2n) is 5.06. The van der Waals surface area contributed by atoms with Crippen LogP contribution in [0.1, 0.15) is 15.5 Å². The van der Waals surface area contributed by atoms with Crippen molar-refractivity contribution in [2.75, 3.05) is 0 Å². The molecule has 0 aliphatic rings. The number of hydrogen-bond donors (Lipinski definition) is 0. The van der Waals surface area contributed by atoms with Crippen molar-refractivity contribution in [3.05, 3.63) is 70.7 Å². The van der Waals surface area contributed by atoms with Gasteiger partial charge in [-0.05, 0) is 12.1 Å². The monoisotopic (exact) mass is 352 g/mol. The number of thiazole rings is 2. The normalized spacial score (nSPS) is 10.8. The van der Waals surface area contributed by atoms with Crippen molar-refractivity contribution in [2.24, 2.45) is 0 Å². The largest absolute Gasteiger partial charge is 0.454 e. The van der Waals surface area contributed by atoms with E-state index >= 15 is 0 Å². The van der Waals surface area contributed by atoms with E-state index in [-0.39, 0.29) is 6.61 Å². The molecule has 6 heteroatoms. The molecule has 0 N–H and O–H groups in total. The summed E-state index contributed by atoms with van der Waals surface area (Å²) in [6.07, 6.45) is 0. The minimum Gasteiger partial charge on any atom is -0.454 e. The second kappa shape index (κ2) is 6.51. The lowest BCUT2D eigenvalue weighted by Crippen LogP contribution is -2.05. The number of para-hydroxylation sites is 1. The summed E-state index contributed by atoms with van der Waals surface area (Å²) in [4.78, 5) is 21.0. The Balaban J connectivity index is 1.45. The molecule has 0 saturated heterocycles. The summed E-state index contributed by atoms with van der Waals surface area (Å²) in [5.41, 5.74) is 2.25. The highest BCUT2D eigenvalue weighted by molar-refractivity contribution is 7.18. The SMILES string of the molecule is O=C(OCc1nc2ccccc2s1)c1csc(-c2ccccc2)n1. The average Bonchev–Trinajstić information content (AvgIpc) is 3.27. The van der Waals surface area contributed by atoms with E-state index in [4.69, 9.17) is 4.74 Å². The molecule has 0 unspecified atom stereocenters. The molecular formula is C18H12N2O2S2. The van der Waals surface area contributed by atoms with Gasteiger partial charge in [0.05, 0.1) is 10.2 Å². The highest BCUT2D eigenvalue weighted by Crippen LogP contribution is 2.25. The Hall–Kier alpha value is -2.57. The van der Waals surface area contributed by atoms with Crippen molar-refractivity contribution < 1.29 is 9.53 Å². The molecule has 0 spiro atoms. The van der Waals surface area contributed by atoms with Crippen LogP contribution in [0.5, 0.6) is 0 Å². The molecule has 0 aliphatic carbocycles. The number of esters is 1. The second-order valence-corrected chi connectivity index (χ2v) is 7.03. The van der Waals surface area contributed by atoms with Gasteiger partial charge in [0, 0.05) is 10.9 Å². The fourth-order valence-corrected chi connectivity index (χ4v) is 3.94. The van der Waals surface area contributed by atoms with Gasteiger partial charge in [-0.25, -0.2) is 14.8 Å². The number of carbonyl (C=O) groups is 1. The van der Waals surface area contributed by atoms with E-state index in [1.807, 2.05) is 54.6 Å². The summed E-state index contributed by atoms with van der Waals surface area (Å²) in [5.74, 6) is -0.423. The predicted molar refractivity (Wildman–Crippen MR) is 96.3 cm³/mol. The molecule has 4 nitrogen and oxygen atoms in total. The first-order chi connectivity index (χ1) is 11.8. The molecule has 0 bridgehead atoms. The zero-order valence-corrected chi connectivity index (χ0v) is 14.1. The zero-order valence-electron chi connectivity index (χ0n) is 12.5. The molecule has 0 amide bonds. The molecule has 0 aliphatic heterocycles. The molecule has 118 valence electrons. The molecule has 0 radical (unpaired) electrons. The van der Waals surface area contributed by atoms with Crippen LogP contribution in [0.25, 0.3) is 20.8 Å². The van der Waals surface area contributed by atoms with Crippen LogP contribution in [-0.2, 0) is 11.3 Å². The van der Waals surface area contributed by atoms with Gasteiger partial charge in [-0.3, -0.25) is 0 Å². The maximum Gasteiger partial charge on any atom is 0.358 e. The van der Waals surface area contributed by atoms with Crippen LogP contribution < -0.4 is 0 Å². The Bertz CT molecular complexity index is 959. The van der Waals surface area contributed by atoms with Crippen LogP contribution in [0.4, 0.5) is 0 Å². The van der Waals surface area contributed by atoms with Crippen molar-refractivity contribution in [3.63, 3.8) is 0 Å². The first kappa shape index (κ1) is 15.0. The van der Waals surface area contributed by atoms with Gasteiger partial charge >= 0.3 is 5.97 Å². The number of aromatic nitrogens is 2. The first-order valence-electron chi connectivity index (χ1n) is 7.32. The third-order valence-electron chi connectivity index (χ3n) is 3.40. The Morgan fingerprint density at radius 3 is 2.62 bits per heavy atom. The van der Waals surface area contributed by atoms with Crippen LogP contribution in [0.3, 0.4) is 0 Å². The molecule has 2 heterocycles. The lowest BCUT2D eigenvalue weighted by molar-refractivity contribution is 0.0466. The lowest BCUT2D eigenvalue weighted by Gasteiger charge is -1.99. The van der Waals surface area contributed by atoms with Crippen LogP contribution in [0, 0.1) is 0 Å². The number of carbonyl (C=O) groups excluding carboxylic acids is 1. The quantitative estimate of drug-likeness (QED) is 0.496. The average molecular weight is 352 g/mol. The van der Waals surface area contributed by atoms with Gasteiger partial charge in [-0.1, -0.05) is 42.5 Å². The Morgan fingerprint density at radius 2 is 1.79 bits per heavy atom. The van der Waals surface area contributed by atoms with Gasteiger partial charge < -0.3 is 4.74 Å². The maximum atomic E-state index is 12.2. The summed E-state index contributed by atoms with van der Waals surface area (Å²) in [5, 5.41) is 3.31. The number of rotatable bonds is 4. The Morgan fingerprint density at radius 1 is 1.00 bits per heavy atom.